The summed E-state index contributed by atoms with van der Waals surface area (Å²) in [6.07, 6.45) is 0.581. The van der Waals surface area contributed by atoms with Crippen LogP contribution in [0.1, 0.15) is 27.2 Å². The summed E-state index contributed by atoms with van der Waals surface area (Å²) >= 11 is 0. The Morgan fingerprint density at radius 2 is 2.25 bits per heavy atom. The number of methoxy groups -OCH3 is 1. The molecule has 0 aromatic rings. The van der Waals surface area contributed by atoms with Gasteiger partial charge in [-0.05, 0) is 19.8 Å². The van der Waals surface area contributed by atoms with Crippen LogP contribution in [0.3, 0.4) is 0 Å². The van der Waals surface area contributed by atoms with E-state index in [2.05, 4.69) is 26.1 Å². The Morgan fingerprint density at radius 3 is 2.81 bits per heavy atom. The highest BCUT2D eigenvalue weighted by molar-refractivity contribution is 5.77. The third-order valence-electron chi connectivity index (χ3n) is 3.08. The third kappa shape index (κ3) is 3.46. The van der Waals surface area contributed by atoms with Gasteiger partial charge in [-0.25, -0.2) is 0 Å². The smallest absolute Gasteiger partial charge is 0.223 e. The molecule has 0 bridgehead atoms. The Hall–Kier alpha value is -0.610. The van der Waals surface area contributed by atoms with Crippen molar-refractivity contribution >= 4 is 5.91 Å². The first kappa shape index (κ1) is 13.5. The average Bonchev–Trinajstić information content (AvgIpc) is 2.16. The zero-order valence-corrected chi connectivity index (χ0v) is 10.9. The number of amides is 1. The molecule has 1 unspecified atom stereocenters. The molecule has 1 amide bonds. The first-order chi connectivity index (χ1) is 7.47. The molecule has 0 aliphatic carbocycles. The molecule has 16 heavy (non-hydrogen) atoms. The van der Waals surface area contributed by atoms with Gasteiger partial charge in [-0.3, -0.25) is 4.79 Å². The zero-order valence-electron chi connectivity index (χ0n) is 10.9. The van der Waals surface area contributed by atoms with E-state index in [0.29, 0.717) is 18.9 Å². The van der Waals surface area contributed by atoms with E-state index in [1.54, 1.807) is 7.11 Å². The Bertz CT molecular complexity index is 241. The minimum atomic E-state index is -0.0673. The highest BCUT2D eigenvalue weighted by Gasteiger charge is 2.33. The van der Waals surface area contributed by atoms with Gasteiger partial charge in [0.05, 0.1) is 0 Å². The zero-order chi connectivity index (χ0) is 12.2. The number of piperazine rings is 1. The molecule has 1 aliphatic heterocycles. The van der Waals surface area contributed by atoms with Crippen molar-refractivity contribution in [2.45, 2.75) is 32.7 Å². The Balaban J connectivity index is 2.51. The van der Waals surface area contributed by atoms with Gasteiger partial charge in [0.2, 0.25) is 5.91 Å². The van der Waals surface area contributed by atoms with E-state index < -0.39 is 0 Å². The molecule has 1 fully saturated rings. The minimum absolute atomic E-state index is 0.0673. The van der Waals surface area contributed by atoms with E-state index in [1.807, 2.05) is 4.90 Å². The fourth-order valence-electron chi connectivity index (χ4n) is 2.20. The Labute approximate surface area is 98.3 Å². The van der Waals surface area contributed by atoms with Gasteiger partial charge in [0, 0.05) is 45.3 Å². The second-order valence-electron chi connectivity index (χ2n) is 5.30. The highest BCUT2D eigenvalue weighted by Crippen LogP contribution is 2.19. The van der Waals surface area contributed by atoms with Crippen molar-refractivity contribution < 1.29 is 9.53 Å². The largest absolute Gasteiger partial charge is 0.384 e. The molecule has 1 rings (SSSR count). The summed E-state index contributed by atoms with van der Waals surface area (Å²) in [7, 11) is 1.68. The number of hydrogen-bond donors (Lipinski definition) is 1. The molecular weight excluding hydrogens is 204 g/mol. The van der Waals surface area contributed by atoms with Gasteiger partial charge >= 0.3 is 0 Å². The van der Waals surface area contributed by atoms with Crippen LogP contribution in [0.15, 0.2) is 0 Å². The Kier molecular flexibility index (Phi) is 4.74. The molecule has 0 radical (unpaired) electrons. The van der Waals surface area contributed by atoms with Crippen LogP contribution in [0.25, 0.3) is 0 Å². The summed E-state index contributed by atoms with van der Waals surface area (Å²) in [6.45, 7) is 9.50. The van der Waals surface area contributed by atoms with Crippen molar-refractivity contribution in [2.24, 2.45) is 5.92 Å². The molecule has 0 spiro atoms. The normalized spacial score (nSPS) is 21.9. The summed E-state index contributed by atoms with van der Waals surface area (Å²) in [5, 5.41) is 3.32. The third-order valence-corrected chi connectivity index (χ3v) is 3.08. The maximum atomic E-state index is 12.1. The quantitative estimate of drug-likeness (QED) is 0.776. The molecule has 0 aromatic carbocycles. The van der Waals surface area contributed by atoms with Crippen LogP contribution >= 0.6 is 0 Å². The summed E-state index contributed by atoms with van der Waals surface area (Å²) in [5.41, 5.74) is -0.0673. The van der Waals surface area contributed by atoms with E-state index in [9.17, 15) is 4.79 Å². The first-order valence-corrected chi connectivity index (χ1v) is 5.97. The van der Waals surface area contributed by atoms with Crippen molar-refractivity contribution in [2.75, 3.05) is 33.4 Å². The van der Waals surface area contributed by atoms with Crippen LogP contribution < -0.4 is 5.32 Å². The minimum Gasteiger partial charge on any atom is -0.384 e. The fraction of sp³-hybridized carbons (Fsp3) is 0.917. The predicted octanol–water partition coefficient (Wildman–Crippen LogP) is 0.869. The molecule has 1 aliphatic rings. The fourth-order valence-corrected chi connectivity index (χ4v) is 2.20. The predicted molar refractivity (Wildman–Crippen MR) is 64.3 cm³/mol. The summed E-state index contributed by atoms with van der Waals surface area (Å²) in [4.78, 5) is 14.1. The van der Waals surface area contributed by atoms with Crippen LogP contribution in [-0.2, 0) is 9.53 Å². The van der Waals surface area contributed by atoms with Gasteiger partial charge in [-0.15, -0.1) is 0 Å². The molecule has 1 saturated heterocycles. The number of hydrogen-bond acceptors (Lipinski definition) is 3. The molecule has 4 nitrogen and oxygen atoms in total. The van der Waals surface area contributed by atoms with E-state index in [4.69, 9.17) is 4.74 Å². The van der Waals surface area contributed by atoms with Crippen molar-refractivity contribution in [3.63, 3.8) is 0 Å². The Morgan fingerprint density at radius 1 is 1.56 bits per heavy atom. The molecule has 1 N–H and O–H groups in total. The van der Waals surface area contributed by atoms with Crippen LogP contribution in [0.2, 0.25) is 0 Å². The number of carbonyl (C=O) groups excluding carboxylic acids is 1. The SMILES string of the molecule is COCC(C)CC(=O)N1CCNCC1(C)C. The maximum Gasteiger partial charge on any atom is 0.223 e. The topological polar surface area (TPSA) is 41.6 Å². The number of nitrogens with one attached hydrogen (secondary N) is 1. The van der Waals surface area contributed by atoms with E-state index in [-0.39, 0.29) is 11.4 Å². The summed E-state index contributed by atoms with van der Waals surface area (Å²) < 4.78 is 5.06. The van der Waals surface area contributed by atoms with Crippen molar-refractivity contribution in [1.29, 1.82) is 0 Å². The molecular formula is C12H24N2O2. The lowest BCUT2D eigenvalue weighted by Crippen LogP contribution is -2.60. The molecule has 0 aromatic heterocycles. The van der Waals surface area contributed by atoms with Crippen LogP contribution in [0.4, 0.5) is 0 Å². The van der Waals surface area contributed by atoms with Gasteiger partial charge in [-0.1, -0.05) is 6.92 Å². The van der Waals surface area contributed by atoms with Crippen molar-refractivity contribution in [3.05, 3.63) is 0 Å². The molecule has 0 saturated carbocycles. The van der Waals surface area contributed by atoms with Crippen molar-refractivity contribution in [3.8, 4) is 0 Å². The van der Waals surface area contributed by atoms with Crippen LogP contribution in [-0.4, -0.2) is 49.7 Å². The second-order valence-corrected chi connectivity index (χ2v) is 5.30. The highest BCUT2D eigenvalue weighted by atomic mass is 16.5. The van der Waals surface area contributed by atoms with Gasteiger partial charge in [0.15, 0.2) is 0 Å². The van der Waals surface area contributed by atoms with Gasteiger partial charge in [0.25, 0.3) is 0 Å². The average molecular weight is 228 g/mol. The van der Waals surface area contributed by atoms with Crippen LogP contribution in [0.5, 0.6) is 0 Å². The lowest BCUT2D eigenvalue weighted by molar-refractivity contribution is -0.139. The first-order valence-electron chi connectivity index (χ1n) is 5.97. The second kappa shape index (κ2) is 5.64. The number of ether oxygens (including phenoxy) is 1. The molecule has 94 valence electrons. The van der Waals surface area contributed by atoms with E-state index in [0.717, 1.165) is 19.6 Å². The van der Waals surface area contributed by atoms with Gasteiger partial charge in [-0.2, -0.15) is 0 Å². The molecule has 4 heteroatoms. The molecule has 1 atom stereocenters. The monoisotopic (exact) mass is 228 g/mol. The van der Waals surface area contributed by atoms with Gasteiger partial charge in [0.1, 0.15) is 0 Å². The number of rotatable bonds is 4. The summed E-state index contributed by atoms with van der Waals surface area (Å²) in [6, 6.07) is 0. The molecule has 1 heterocycles. The standard InChI is InChI=1S/C12H24N2O2/c1-10(8-16-4)7-11(15)14-6-5-13-9-12(14,2)3/h10,13H,5-9H2,1-4H3. The summed E-state index contributed by atoms with van der Waals surface area (Å²) in [5.74, 6) is 0.541. The van der Waals surface area contributed by atoms with Crippen molar-refractivity contribution in [1.82, 2.24) is 10.2 Å². The van der Waals surface area contributed by atoms with Gasteiger partial charge < -0.3 is 15.0 Å². The van der Waals surface area contributed by atoms with E-state index in [1.165, 1.54) is 0 Å². The van der Waals surface area contributed by atoms with Crippen LogP contribution in [0, 0.1) is 5.92 Å². The lowest BCUT2D eigenvalue weighted by atomic mass is 9.98. The lowest BCUT2D eigenvalue weighted by Gasteiger charge is -2.43. The number of nitrogens with zero attached hydrogens (tertiary/aromatic N) is 1. The number of carbonyl (C=O) groups is 1. The maximum absolute atomic E-state index is 12.1. The van der Waals surface area contributed by atoms with E-state index >= 15 is 0 Å².